The Morgan fingerprint density at radius 1 is 1.04 bits per heavy atom. The van der Waals surface area contributed by atoms with Crippen molar-refractivity contribution in [1.82, 2.24) is 19.9 Å². The highest BCUT2D eigenvalue weighted by atomic mass is 16.5. The molecule has 2 aromatic rings. The predicted molar refractivity (Wildman–Crippen MR) is 91.7 cm³/mol. The van der Waals surface area contributed by atoms with Crippen LogP contribution in [-0.2, 0) is 11.3 Å². The van der Waals surface area contributed by atoms with Crippen molar-refractivity contribution in [1.29, 1.82) is 0 Å². The zero-order valence-electron chi connectivity index (χ0n) is 13.8. The molecule has 126 valence electrons. The molecular formula is C18H23N5O. The van der Waals surface area contributed by atoms with Crippen molar-refractivity contribution in [3.8, 4) is 0 Å². The Labute approximate surface area is 142 Å². The van der Waals surface area contributed by atoms with Gasteiger partial charge < -0.3 is 9.64 Å². The number of hydrogen-bond acceptors (Lipinski definition) is 6. The second-order valence-electron chi connectivity index (χ2n) is 6.36. The van der Waals surface area contributed by atoms with Crippen molar-refractivity contribution in [3.63, 3.8) is 0 Å². The van der Waals surface area contributed by atoms with E-state index in [1.54, 1.807) is 0 Å². The minimum absolute atomic E-state index is 0.0888. The Kier molecular flexibility index (Phi) is 4.66. The summed E-state index contributed by atoms with van der Waals surface area (Å²) in [5.74, 6) is 1.91. The number of anilines is 1. The van der Waals surface area contributed by atoms with Gasteiger partial charge in [0, 0.05) is 51.7 Å². The average molecular weight is 325 g/mol. The fourth-order valence-corrected chi connectivity index (χ4v) is 3.34. The lowest BCUT2D eigenvalue weighted by molar-refractivity contribution is 0.104. The first kappa shape index (κ1) is 15.5. The summed E-state index contributed by atoms with van der Waals surface area (Å²) in [6, 6.07) is 8.10. The summed E-state index contributed by atoms with van der Waals surface area (Å²) in [6.07, 6.45) is 5.95. The first-order chi connectivity index (χ1) is 11.9. The van der Waals surface area contributed by atoms with Gasteiger partial charge in [-0.2, -0.15) is 0 Å². The van der Waals surface area contributed by atoms with Crippen LogP contribution in [0.3, 0.4) is 0 Å². The molecule has 4 rings (SSSR count). The summed E-state index contributed by atoms with van der Waals surface area (Å²) >= 11 is 0. The van der Waals surface area contributed by atoms with Crippen molar-refractivity contribution in [2.45, 2.75) is 25.5 Å². The van der Waals surface area contributed by atoms with Crippen molar-refractivity contribution in [2.75, 3.05) is 37.7 Å². The molecule has 2 aliphatic rings. The quantitative estimate of drug-likeness (QED) is 0.857. The molecule has 2 fully saturated rings. The van der Waals surface area contributed by atoms with E-state index in [0.29, 0.717) is 0 Å². The highest BCUT2D eigenvalue weighted by Crippen LogP contribution is 2.25. The standard InChI is InChI=1S/C18H23N5O/c1-2-7-19-17(5-1)23-11-9-22(10-12-23)14-15-6-8-20-18(21-15)16-4-3-13-24-16/h1-2,5-8,16H,3-4,9-14H2/t16-/m1/s1. The van der Waals surface area contributed by atoms with E-state index in [2.05, 4.69) is 25.8 Å². The molecule has 0 amide bonds. The van der Waals surface area contributed by atoms with Crippen LogP contribution in [0.5, 0.6) is 0 Å². The molecule has 24 heavy (non-hydrogen) atoms. The van der Waals surface area contributed by atoms with Gasteiger partial charge in [-0.05, 0) is 31.0 Å². The summed E-state index contributed by atoms with van der Waals surface area (Å²) in [5.41, 5.74) is 1.08. The summed E-state index contributed by atoms with van der Waals surface area (Å²) in [5, 5.41) is 0. The van der Waals surface area contributed by atoms with E-state index < -0.39 is 0 Å². The number of rotatable bonds is 4. The highest BCUT2D eigenvalue weighted by molar-refractivity contribution is 5.38. The molecule has 0 radical (unpaired) electrons. The van der Waals surface area contributed by atoms with Crippen LogP contribution in [0.4, 0.5) is 5.82 Å². The summed E-state index contributed by atoms with van der Waals surface area (Å²) in [6.45, 7) is 5.75. The van der Waals surface area contributed by atoms with E-state index in [9.17, 15) is 0 Å². The molecule has 0 saturated carbocycles. The lowest BCUT2D eigenvalue weighted by Gasteiger charge is -2.35. The molecule has 2 aromatic heterocycles. The monoisotopic (exact) mass is 325 g/mol. The zero-order valence-corrected chi connectivity index (χ0v) is 13.8. The fourth-order valence-electron chi connectivity index (χ4n) is 3.34. The van der Waals surface area contributed by atoms with Crippen LogP contribution < -0.4 is 4.90 Å². The van der Waals surface area contributed by atoms with Gasteiger partial charge in [0.1, 0.15) is 11.9 Å². The lowest BCUT2D eigenvalue weighted by atomic mass is 10.2. The third-order valence-corrected chi connectivity index (χ3v) is 4.68. The Morgan fingerprint density at radius 3 is 2.71 bits per heavy atom. The third-order valence-electron chi connectivity index (χ3n) is 4.68. The Balaban J connectivity index is 1.34. The van der Waals surface area contributed by atoms with Crippen molar-refractivity contribution >= 4 is 5.82 Å². The Hall–Kier alpha value is -2.05. The molecule has 0 N–H and O–H groups in total. The van der Waals surface area contributed by atoms with Gasteiger partial charge in [-0.1, -0.05) is 6.07 Å². The molecule has 0 unspecified atom stereocenters. The van der Waals surface area contributed by atoms with E-state index in [1.165, 1.54) is 0 Å². The highest BCUT2D eigenvalue weighted by Gasteiger charge is 2.22. The molecule has 6 heteroatoms. The van der Waals surface area contributed by atoms with Crippen molar-refractivity contribution in [2.24, 2.45) is 0 Å². The summed E-state index contributed by atoms with van der Waals surface area (Å²) in [4.78, 5) is 18.3. The number of pyridine rings is 1. The van der Waals surface area contributed by atoms with E-state index in [1.807, 2.05) is 30.6 Å². The van der Waals surface area contributed by atoms with Crippen LogP contribution in [0, 0.1) is 0 Å². The summed E-state index contributed by atoms with van der Waals surface area (Å²) in [7, 11) is 0. The average Bonchev–Trinajstić information content (AvgIpc) is 3.18. The molecule has 1 atom stereocenters. The normalized spacial score (nSPS) is 22.0. The smallest absolute Gasteiger partial charge is 0.157 e. The van der Waals surface area contributed by atoms with E-state index in [0.717, 1.165) is 69.5 Å². The minimum Gasteiger partial charge on any atom is -0.370 e. The van der Waals surface area contributed by atoms with Crippen molar-refractivity contribution in [3.05, 3.63) is 48.2 Å². The largest absolute Gasteiger partial charge is 0.370 e. The number of aromatic nitrogens is 3. The van der Waals surface area contributed by atoms with E-state index in [4.69, 9.17) is 9.72 Å². The molecule has 0 bridgehead atoms. The number of ether oxygens (including phenoxy) is 1. The zero-order chi connectivity index (χ0) is 16.2. The van der Waals surface area contributed by atoms with E-state index >= 15 is 0 Å². The predicted octanol–water partition coefficient (Wildman–Crippen LogP) is 2.05. The van der Waals surface area contributed by atoms with Gasteiger partial charge in [0.15, 0.2) is 5.82 Å². The topological polar surface area (TPSA) is 54.4 Å². The number of piperazine rings is 1. The van der Waals surface area contributed by atoms with Gasteiger partial charge in [-0.15, -0.1) is 0 Å². The molecule has 0 aromatic carbocycles. The lowest BCUT2D eigenvalue weighted by Crippen LogP contribution is -2.46. The number of hydrogen-bond donors (Lipinski definition) is 0. The summed E-state index contributed by atoms with van der Waals surface area (Å²) < 4.78 is 5.69. The SMILES string of the molecule is c1ccc(N2CCN(Cc3ccnc([C@H]4CCCO4)n3)CC2)nc1. The van der Waals surface area contributed by atoms with Crippen LogP contribution in [0.2, 0.25) is 0 Å². The van der Waals surface area contributed by atoms with Gasteiger partial charge >= 0.3 is 0 Å². The molecule has 0 spiro atoms. The van der Waals surface area contributed by atoms with E-state index in [-0.39, 0.29) is 6.10 Å². The molecule has 2 saturated heterocycles. The Morgan fingerprint density at radius 2 is 1.96 bits per heavy atom. The second-order valence-corrected chi connectivity index (χ2v) is 6.36. The first-order valence-corrected chi connectivity index (χ1v) is 8.70. The van der Waals surface area contributed by atoms with Crippen molar-refractivity contribution < 1.29 is 4.74 Å². The molecule has 2 aliphatic heterocycles. The van der Waals surface area contributed by atoms with Crippen LogP contribution in [0.15, 0.2) is 36.7 Å². The van der Waals surface area contributed by atoms with Gasteiger partial charge in [0.25, 0.3) is 0 Å². The third kappa shape index (κ3) is 3.55. The van der Waals surface area contributed by atoms with Gasteiger partial charge in [-0.3, -0.25) is 4.90 Å². The first-order valence-electron chi connectivity index (χ1n) is 8.70. The fraction of sp³-hybridized carbons (Fsp3) is 0.500. The molecule has 4 heterocycles. The minimum atomic E-state index is 0.0888. The molecular weight excluding hydrogens is 302 g/mol. The van der Waals surface area contributed by atoms with Crippen LogP contribution in [0.25, 0.3) is 0 Å². The van der Waals surface area contributed by atoms with Crippen LogP contribution >= 0.6 is 0 Å². The van der Waals surface area contributed by atoms with Gasteiger partial charge in [0.2, 0.25) is 0 Å². The number of nitrogens with zero attached hydrogens (tertiary/aromatic N) is 5. The van der Waals surface area contributed by atoms with Gasteiger partial charge in [-0.25, -0.2) is 15.0 Å². The second kappa shape index (κ2) is 7.23. The van der Waals surface area contributed by atoms with Gasteiger partial charge in [0.05, 0.1) is 5.69 Å². The molecule has 0 aliphatic carbocycles. The van der Waals surface area contributed by atoms with Crippen LogP contribution in [-0.4, -0.2) is 52.6 Å². The Bertz CT molecular complexity index is 651. The molecule has 6 nitrogen and oxygen atoms in total. The maximum absolute atomic E-state index is 5.69. The van der Waals surface area contributed by atoms with Crippen LogP contribution in [0.1, 0.15) is 30.5 Å². The maximum atomic E-state index is 5.69. The maximum Gasteiger partial charge on any atom is 0.157 e.